The monoisotopic (exact) mass is 299 g/mol. The van der Waals surface area contributed by atoms with Gasteiger partial charge in [-0.1, -0.05) is 25.1 Å². The molecule has 0 saturated heterocycles. The van der Waals surface area contributed by atoms with Gasteiger partial charge in [-0.15, -0.1) is 0 Å². The topological polar surface area (TPSA) is 98.1 Å². The van der Waals surface area contributed by atoms with Crippen LogP contribution in [0.1, 0.15) is 32.4 Å². The normalized spacial score (nSPS) is 13.8. The molecule has 6 nitrogen and oxygen atoms in total. The van der Waals surface area contributed by atoms with E-state index in [4.69, 9.17) is 5.73 Å². The molecule has 0 aliphatic carbocycles. The van der Waals surface area contributed by atoms with Crippen LogP contribution in [0.25, 0.3) is 0 Å². The number of nitrogens with one attached hydrogen (secondary N) is 1. The Morgan fingerprint density at radius 3 is 2.90 bits per heavy atom. The summed E-state index contributed by atoms with van der Waals surface area (Å²) in [4.78, 5) is 30.0. The van der Waals surface area contributed by atoms with Gasteiger partial charge in [0.25, 0.3) is 5.56 Å². The molecule has 0 aromatic carbocycles. The third-order valence-corrected chi connectivity index (χ3v) is 3.67. The smallest absolute Gasteiger partial charge is 0.325 e. The van der Waals surface area contributed by atoms with E-state index >= 15 is 0 Å². The van der Waals surface area contributed by atoms with Crippen LogP contribution in [0.4, 0.5) is 0 Å². The Balaban J connectivity index is 2.62. The van der Waals surface area contributed by atoms with Crippen molar-refractivity contribution in [1.82, 2.24) is 9.97 Å². The van der Waals surface area contributed by atoms with Crippen molar-refractivity contribution in [2.75, 3.05) is 12.9 Å². The van der Waals surface area contributed by atoms with E-state index in [1.54, 1.807) is 6.92 Å². The molecule has 0 radical (unpaired) electrons. The van der Waals surface area contributed by atoms with Crippen molar-refractivity contribution in [2.45, 2.75) is 43.8 Å². The van der Waals surface area contributed by atoms with Gasteiger partial charge in [0.15, 0.2) is 5.16 Å². The Morgan fingerprint density at radius 2 is 2.30 bits per heavy atom. The van der Waals surface area contributed by atoms with E-state index in [9.17, 15) is 9.59 Å². The van der Waals surface area contributed by atoms with Gasteiger partial charge in [-0.05, 0) is 19.8 Å². The minimum Gasteiger partial charge on any atom is -0.468 e. The second kappa shape index (κ2) is 7.44. The predicted molar refractivity (Wildman–Crippen MR) is 78.8 cm³/mol. The highest BCUT2D eigenvalue weighted by Gasteiger charge is 2.28. The van der Waals surface area contributed by atoms with Crippen LogP contribution in [0, 0.1) is 0 Å². The summed E-state index contributed by atoms with van der Waals surface area (Å²) >= 11 is 1.37. The van der Waals surface area contributed by atoms with Gasteiger partial charge in [0.05, 0.1) is 7.11 Å². The molecular weight excluding hydrogens is 278 g/mol. The number of esters is 1. The number of hydrogen-bond acceptors (Lipinski definition) is 6. The zero-order valence-electron chi connectivity index (χ0n) is 12.1. The third kappa shape index (κ3) is 4.97. The standard InChI is InChI=1S/C13H21N3O3S/c1-4-5-9-8-10(17)16-12(15-9)20-7-6-13(2,14)11(18)19-3/h8H,4-7,14H2,1-3H3,(H,15,16,17). The summed E-state index contributed by atoms with van der Waals surface area (Å²) in [5, 5.41) is 0.557. The average molecular weight is 299 g/mol. The number of carbonyl (C=O) groups is 1. The summed E-state index contributed by atoms with van der Waals surface area (Å²) in [6.45, 7) is 3.66. The zero-order valence-corrected chi connectivity index (χ0v) is 12.9. The summed E-state index contributed by atoms with van der Waals surface area (Å²) in [6.07, 6.45) is 2.14. The fourth-order valence-electron chi connectivity index (χ4n) is 1.63. The van der Waals surface area contributed by atoms with Crippen LogP contribution < -0.4 is 11.3 Å². The molecule has 1 unspecified atom stereocenters. The molecule has 1 aromatic heterocycles. The number of aromatic amines is 1. The van der Waals surface area contributed by atoms with Crippen LogP contribution in [0.5, 0.6) is 0 Å². The minimum atomic E-state index is -1.02. The predicted octanol–water partition coefficient (Wildman–Crippen LogP) is 1.09. The van der Waals surface area contributed by atoms with Crippen molar-refractivity contribution in [3.8, 4) is 0 Å². The van der Waals surface area contributed by atoms with Gasteiger partial charge in [-0.2, -0.15) is 0 Å². The molecule has 0 aliphatic rings. The van der Waals surface area contributed by atoms with E-state index in [2.05, 4.69) is 14.7 Å². The molecule has 112 valence electrons. The van der Waals surface area contributed by atoms with Gasteiger partial charge in [0.1, 0.15) is 5.54 Å². The van der Waals surface area contributed by atoms with Crippen molar-refractivity contribution in [2.24, 2.45) is 5.73 Å². The minimum absolute atomic E-state index is 0.158. The highest BCUT2D eigenvalue weighted by Crippen LogP contribution is 2.18. The Hall–Kier alpha value is -1.34. The molecule has 7 heteroatoms. The molecule has 0 bridgehead atoms. The summed E-state index contributed by atoms with van der Waals surface area (Å²) in [6, 6.07) is 1.51. The fraction of sp³-hybridized carbons (Fsp3) is 0.615. The fourth-order valence-corrected chi connectivity index (χ4v) is 2.70. The Morgan fingerprint density at radius 1 is 1.60 bits per heavy atom. The maximum Gasteiger partial charge on any atom is 0.325 e. The van der Waals surface area contributed by atoms with Crippen molar-refractivity contribution < 1.29 is 9.53 Å². The summed E-state index contributed by atoms with van der Waals surface area (Å²) in [7, 11) is 1.31. The van der Waals surface area contributed by atoms with Gasteiger partial charge in [-0.25, -0.2) is 4.98 Å². The number of carbonyl (C=O) groups excluding carboxylic acids is 1. The third-order valence-electron chi connectivity index (χ3n) is 2.79. The molecule has 0 fully saturated rings. The van der Waals surface area contributed by atoms with Crippen molar-refractivity contribution in [1.29, 1.82) is 0 Å². The van der Waals surface area contributed by atoms with E-state index in [1.807, 2.05) is 6.92 Å². The molecule has 1 aromatic rings. The highest BCUT2D eigenvalue weighted by molar-refractivity contribution is 7.99. The highest BCUT2D eigenvalue weighted by atomic mass is 32.2. The van der Waals surface area contributed by atoms with E-state index in [0.29, 0.717) is 17.3 Å². The van der Waals surface area contributed by atoms with E-state index in [-0.39, 0.29) is 5.56 Å². The SMILES string of the molecule is CCCc1cc(=O)[nH]c(SCCC(C)(N)C(=O)OC)n1. The number of rotatable bonds is 7. The van der Waals surface area contributed by atoms with E-state index in [0.717, 1.165) is 18.5 Å². The lowest BCUT2D eigenvalue weighted by Crippen LogP contribution is -2.46. The number of methoxy groups -OCH3 is 1. The summed E-state index contributed by atoms with van der Waals surface area (Å²) in [5.41, 5.74) is 5.46. The first-order valence-corrected chi connectivity index (χ1v) is 7.48. The van der Waals surface area contributed by atoms with Crippen molar-refractivity contribution in [3.63, 3.8) is 0 Å². The number of ether oxygens (including phenoxy) is 1. The van der Waals surface area contributed by atoms with Gasteiger partial charge in [0, 0.05) is 17.5 Å². The average Bonchev–Trinajstić information content (AvgIpc) is 2.37. The lowest BCUT2D eigenvalue weighted by Gasteiger charge is -2.20. The largest absolute Gasteiger partial charge is 0.468 e. The summed E-state index contributed by atoms with van der Waals surface area (Å²) < 4.78 is 4.64. The number of hydrogen-bond donors (Lipinski definition) is 2. The number of nitrogens with two attached hydrogens (primary N) is 1. The molecule has 0 spiro atoms. The van der Waals surface area contributed by atoms with Gasteiger partial charge in [0.2, 0.25) is 0 Å². The molecule has 0 aliphatic heterocycles. The number of H-pyrrole nitrogens is 1. The molecular formula is C13H21N3O3S. The van der Waals surface area contributed by atoms with Crippen LogP contribution in [-0.4, -0.2) is 34.3 Å². The van der Waals surface area contributed by atoms with Gasteiger partial charge in [-0.3, -0.25) is 9.59 Å². The van der Waals surface area contributed by atoms with Crippen LogP contribution in [0.15, 0.2) is 16.0 Å². The molecule has 1 atom stereocenters. The maximum atomic E-state index is 11.5. The first-order chi connectivity index (χ1) is 9.39. The molecule has 1 rings (SSSR count). The second-order valence-electron chi connectivity index (χ2n) is 4.80. The molecule has 0 amide bonds. The zero-order chi connectivity index (χ0) is 15.2. The Kier molecular flexibility index (Phi) is 6.22. The Bertz CT molecular complexity index is 514. The van der Waals surface area contributed by atoms with Crippen LogP contribution in [0.3, 0.4) is 0 Å². The first kappa shape index (κ1) is 16.7. The van der Waals surface area contributed by atoms with Crippen molar-refractivity contribution in [3.05, 3.63) is 22.1 Å². The molecule has 20 heavy (non-hydrogen) atoms. The lowest BCUT2D eigenvalue weighted by atomic mass is 10.0. The lowest BCUT2D eigenvalue weighted by molar-refractivity contribution is -0.146. The molecule has 1 heterocycles. The van der Waals surface area contributed by atoms with Crippen LogP contribution in [0.2, 0.25) is 0 Å². The number of thioether (sulfide) groups is 1. The molecule has 3 N–H and O–H groups in total. The van der Waals surface area contributed by atoms with Gasteiger partial charge >= 0.3 is 5.97 Å². The van der Waals surface area contributed by atoms with Crippen molar-refractivity contribution >= 4 is 17.7 Å². The summed E-state index contributed by atoms with van der Waals surface area (Å²) in [5.74, 6) is 0.125. The Labute approximate surface area is 122 Å². The number of aromatic nitrogens is 2. The van der Waals surface area contributed by atoms with Crippen LogP contribution >= 0.6 is 11.8 Å². The second-order valence-corrected chi connectivity index (χ2v) is 5.88. The number of aryl methyl sites for hydroxylation is 1. The van der Waals surface area contributed by atoms with Crippen LogP contribution in [-0.2, 0) is 16.0 Å². The number of nitrogens with zero attached hydrogens (tertiary/aromatic N) is 1. The van der Waals surface area contributed by atoms with Gasteiger partial charge < -0.3 is 15.5 Å². The quantitative estimate of drug-likeness (QED) is 0.444. The van der Waals surface area contributed by atoms with E-state index < -0.39 is 11.5 Å². The van der Waals surface area contributed by atoms with E-state index in [1.165, 1.54) is 24.9 Å². The first-order valence-electron chi connectivity index (χ1n) is 6.49. The molecule has 0 saturated carbocycles. The maximum absolute atomic E-state index is 11.5.